The topological polar surface area (TPSA) is 85.8 Å². The molecule has 7 nitrogen and oxygen atoms in total. The largest absolute Gasteiger partial charge is 0.355 e. The van der Waals surface area contributed by atoms with Crippen LogP contribution in [0.5, 0.6) is 0 Å². The van der Waals surface area contributed by atoms with E-state index in [4.69, 9.17) is 0 Å². The Labute approximate surface area is 144 Å². The van der Waals surface area contributed by atoms with Crippen molar-refractivity contribution in [1.29, 1.82) is 0 Å². The number of urea groups is 1. The Hall–Kier alpha value is -1.36. The first-order valence-corrected chi connectivity index (χ1v) is 7.19. The lowest BCUT2D eigenvalue weighted by atomic mass is 10.3. The number of nitrogens with zero attached hydrogens (tertiary/aromatic N) is 2. The number of hydrogen-bond acceptors (Lipinski definition) is 4. The molecule has 0 aromatic carbocycles. The van der Waals surface area contributed by atoms with Gasteiger partial charge in [0.2, 0.25) is 5.91 Å². The van der Waals surface area contributed by atoms with Gasteiger partial charge in [-0.15, -0.1) is 24.0 Å². The van der Waals surface area contributed by atoms with Crippen LogP contribution in [-0.4, -0.2) is 49.5 Å². The summed E-state index contributed by atoms with van der Waals surface area (Å²) in [6, 6.07) is 1.70. The lowest BCUT2D eigenvalue weighted by Gasteiger charge is -2.15. The van der Waals surface area contributed by atoms with E-state index in [9.17, 15) is 9.59 Å². The predicted octanol–water partition coefficient (Wildman–Crippen LogP) is 0.583. The number of rotatable bonds is 5. The van der Waals surface area contributed by atoms with Crippen LogP contribution < -0.4 is 16.0 Å². The average Bonchev–Trinajstić information content (AvgIpc) is 3.06. The van der Waals surface area contributed by atoms with Crippen molar-refractivity contribution < 1.29 is 9.59 Å². The van der Waals surface area contributed by atoms with Crippen LogP contribution in [-0.2, 0) is 11.3 Å². The van der Waals surface area contributed by atoms with Crippen molar-refractivity contribution in [2.24, 2.45) is 4.99 Å². The minimum absolute atomic E-state index is 0. The number of hydrogen-bond donors (Lipinski definition) is 3. The number of nitrogens with one attached hydrogen (secondary N) is 3. The molecule has 1 aliphatic rings. The van der Waals surface area contributed by atoms with E-state index in [0.717, 1.165) is 0 Å². The van der Waals surface area contributed by atoms with Gasteiger partial charge in [0.15, 0.2) is 5.96 Å². The van der Waals surface area contributed by atoms with Gasteiger partial charge >= 0.3 is 6.03 Å². The summed E-state index contributed by atoms with van der Waals surface area (Å²) in [5, 5.41) is 12.8. The van der Waals surface area contributed by atoms with Crippen LogP contribution in [0, 0.1) is 0 Å². The molecule has 3 N–H and O–H groups in total. The molecule has 0 radical (unpaired) electrons. The molecule has 1 aromatic heterocycles. The van der Waals surface area contributed by atoms with Crippen molar-refractivity contribution in [1.82, 2.24) is 20.9 Å². The van der Waals surface area contributed by atoms with Gasteiger partial charge in [0, 0.05) is 26.7 Å². The van der Waals surface area contributed by atoms with Crippen molar-refractivity contribution in [3.63, 3.8) is 0 Å². The minimum atomic E-state index is -0.335. The van der Waals surface area contributed by atoms with Crippen molar-refractivity contribution >= 4 is 53.2 Å². The molecule has 2 rings (SSSR count). The lowest BCUT2D eigenvalue weighted by Crippen LogP contribution is -2.42. The first-order chi connectivity index (χ1) is 9.70. The molecule has 1 aromatic rings. The molecule has 116 valence electrons. The molecule has 0 unspecified atom stereocenters. The number of imide groups is 1. The standard InChI is InChI=1S/C12H17N5O2S.HI/c1-13-11(15-6-9-2-5-20-8-9)14-3-4-17-10(18)7-16-12(17)19;/h2,5,8H,3-4,6-7H2,1H3,(H,16,19)(H2,13,14,15);1H. The summed E-state index contributed by atoms with van der Waals surface area (Å²) in [5.74, 6) is 0.446. The van der Waals surface area contributed by atoms with Crippen LogP contribution in [0.1, 0.15) is 5.56 Å². The Morgan fingerprint density at radius 3 is 2.86 bits per heavy atom. The first-order valence-electron chi connectivity index (χ1n) is 6.24. The van der Waals surface area contributed by atoms with Crippen LogP contribution in [0.3, 0.4) is 0 Å². The van der Waals surface area contributed by atoms with E-state index in [2.05, 4.69) is 26.3 Å². The van der Waals surface area contributed by atoms with Crippen LogP contribution in [0.25, 0.3) is 0 Å². The predicted molar refractivity (Wildman–Crippen MR) is 93.0 cm³/mol. The second kappa shape index (κ2) is 8.82. The van der Waals surface area contributed by atoms with Crippen molar-refractivity contribution in [3.8, 4) is 0 Å². The van der Waals surface area contributed by atoms with Gasteiger partial charge in [-0.3, -0.25) is 14.7 Å². The van der Waals surface area contributed by atoms with Gasteiger partial charge in [0.25, 0.3) is 0 Å². The molecular formula is C12H18IN5O2S. The lowest BCUT2D eigenvalue weighted by molar-refractivity contribution is -0.124. The fraction of sp³-hybridized carbons (Fsp3) is 0.417. The fourth-order valence-electron chi connectivity index (χ4n) is 1.77. The van der Waals surface area contributed by atoms with Crippen LogP contribution >= 0.6 is 35.3 Å². The highest BCUT2D eigenvalue weighted by Crippen LogP contribution is 2.04. The molecule has 0 spiro atoms. The summed E-state index contributed by atoms with van der Waals surface area (Å²) >= 11 is 1.65. The summed E-state index contributed by atoms with van der Waals surface area (Å²) in [6.07, 6.45) is 0. The third-order valence-corrected chi connectivity index (χ3v) is 3.56. The SMILES string of the molecule is CN=C(NCCN1C(=O)CNC1=O)NCc1ccsc1.I. The molecular weight excluding hydrogens is 405 g/mol. The van der Waals surface area contributed by atoms with Gasteiger partial charge in [-0.25, -0.2) is 4.79 Å². The zero-order chi connectivity index (χ0) is 14.4. The van der Waals surface area contributed by atoms with Gasteiger partial charge in [-0.2, -0.15) is 11.3 Å². The number of carbonyl (C=O) groups is 2. The normalized spacial score (nSPS) is 14.7. The quantitative estimate of drug-likeness (QED) is 0.280. The van der Waals surface area contributed by atoms with Crippen molar-refractivity contribution in [2.75, 3.05) is 26.7 Å². The summed E-state index contributed by atoms with van der Waals surface area (Å²) in [7, 11) is 1.68. The second-order valence-corrected chi connectivity index (χ2v) is 4.97. The van der Waals surface area contributed by atoms with E-state index in [-0.39, 0.29) is 42.5 Å². The minimum Gasteiger partial charge on any atom is -0.355 e. The number of aliphatic imine (C=N–C) groups is 1. The van der Waals surface area contributed by atoms with Crippen LogP contribution in [0.4, 0.5) is 4.79 Å². The Kier molecular flexibility index (Phi) is 7.43. The van der Waals surface area contributed by atoms with Gasteiger partial charge in [-0.05, 0) is 22.4 Å². The smallest absolute Gasteiger partial charge is 0.324 e. The molecule has 0 saturated carbocycles. The van der Waals surface area contributed by atoms with E-state index in [1.54, 1.807) is 18.4 Å². The summed E-state index contributed by atoms with van der Waals surface area (Å²) in [5.41, 5.74) is 1.19. The molecule has 2 heterocycles. The van der Waals surface area contributed by atoms with Gasteiger partial charge in [-0.1, -0.05) is 0 Å². The molecule has 3 amide bonds. The van der Waals surface area contributed by atoms with E-state index in [0.29, 0.717) is 25.6 Å². The first kappa shape index (κ1) is 17.7. The number of thiophene rings is 1. The molecule has 1 aliphatic heterocycles. The fourth-order valence-corrected chi connectivity index (χ4v) is 2.44. The summed E-state index contributed by atoms with van der Waals surface area (Å²) in [4.78, 5) is 28.0. The van der Waals surface area contributed by atoms with Gasteiger partial charge in [0.1, 0.15) is 0 Å². The number of carbonyl (C=O) groups excluding carboxylic acids is 2. The van der Waals surface area contributed by atoms with E-state index in [1.165, 1.54) is 10.5 Å². The van der Waals surface area contributed by atoms with Gasteiger partial charge in [0.05, 0.1) is 6.54 Å². The summed E-state index contributed by atoms with van der Waals surface area (Å²) in [6.45, 7) is 1.56. The zero-order valence-electron chi connectivity index (χ0n) is 11.6. The highest BCUT2D eigenvalue weighted by atomic mass is 127. The third kappa shape index (κ3) is 5.16. The molecule has 1 saturated heterocycles. The zero-order valence-corrected chi connectivity index (χ0v) is 14.7. The Bertz CT molecular complexity index is 490. The Balaban J connectivity index is 0.00000220. The Morgan fingerprint density at radius 1 is 1.48 bits per heavy atom. The number of guanidine groups is 1. The number of halogens is 1. The van der Waals surface area contributed by atoms with Gasteiger partial charge < -0.3 is 16.0 Å². The molecule has 1 fully saturated rings. The highest BCUT2D eigenvalue weighted by Gasteiger charge is 2.27. The molecule has 0 bridgehead atoms. The van der Waals surface area contributed by atoms with E-state index in [1.807, 2.05) is 11.4 Å². The average molecular weight is 423 g/mol. The van der Waals surface area contributed by atoms with Crippen LogP contribution in [0.15, 0.2) is 21.8 Å². The molecule has 0 aliphatic carbocycles. The molecule has 21 heavy (non-hydrogen) atoms. The maximum atomic E-state index is 11.4. The van der Waals surface area contributed by atoms with Crippen molar-refractivity contribution in [3.05, 3.63) is 22.4 Å². The molecule has 0 atom stereocenters. The van der Waals surface area contributed by atoms with Crippen LogP contribution in [0.2, 0.25) is 0 Å². The summed E-state index contributed by atoms with van der Waals surface area (Å²) < 4.78 is 0. The Morgan fingerprint density at radius 2 is 2.29 bits per heavy atom. The monoisotopic (exact) mass is 423 g/mol. The van der Waals surface area contributed by atoms with E-state index < -0.39 is 0 Å². The third-order valence-electron chi connectivity index (χ3n) is 2.83. The highest BCUT2D eigenvalue weighted by molar-refractivity contribution is 14.0. The maximum absolute atomic E-state index is 11.4. The maximum Gasteiger partial charge on any atom is 0.324 e. The van der Waals surface area contributed by atoms with Crippen molar-refractivity contribution in [2.45, 2.75) is 6.54 Å². The molecule has 9 heteroatoms. The van der Waals surface area contributed by atoms with E-state index >= 15 is 0 Å². The second-order valence-electron chi connectivity index (χ2n) is 4.19. The number of amides is 3.